The Morgan fingerprint density at radius 3 is 2.27 bits per heavy atom. The molecule has 2 unspecified atom stereocenters. The predicted octanol–water partition coefficient (Wildman–Crippen LogP) is 5.09. The van der Waals surface area contributed by atoms with E-state index in [2.05, 4.69) is 10.1 Å². The van der Waals surface area contributed by atoms with E-state index >= 15 is 0 Å². The van der Waals surface area contributed by atoms with E-state index in [0.29, 0.717) is 29.7 Å². The number of rotatable bonds is 4. The number of hydrogen-bond acceptors (Lipinski definition) is 8. The summed E-state index contributed by atoms with van der Waals surface area (Å²) >= 11 is 0. The van der Waals surface area contributed by atoms with E-state index in [9.17, 15) is 13.2 Å². The molecule has 214 valence electrons. The van der Waals surface area contributed by atoms with E-state index in [-0.39, 0.29) is 34.8 Å². The first kappa shape index (κ1) is 27.2. The summed E-state index contributed by atoms with van der Waals surface area (Å²) in [6.45, 7) is 5.56. The van der Waals surface area contributed by atoms with Gasteiger partial charge in [-0.2, -0.15) is 9.61 Å². The van der Waals surface area contributed by atoms with Crippen LogP contribution in [-0.2, 0) is 14.6 Å². The molecule has 11 heteroatoms. The number of fused-ring (bicyclic) bond motifs is 3. The van der Waals surface area contributed by atoms with Crippen LogP contribution < -0.4 is 5.73 Å². The molecule has 3 aromatic heterocycles. The minimum atomic E-state index is -3.73. The first-order valence-corrected chi connectivity index (χ1v) is 15.7. The average Bonchev–Trinajstić information content (AvgIpc) is 3.46. The standard InChI is InChI=1S/C30H34N6O4S/c1-30(2,3)40-29(37)35-21-11-12-22(35)15-20(14-21)25-26(41(4,38)39)27(31)36-28(34-25)23(17-33-36)19-10-13-24(32-16-19)18-8-6-5-7-9-18/h5-10,13,16-17,20-22H,11-12,14-15,31H2,1-4H3/t20?,21-,22?/m1/s1. The van der Waals surface area contributed by atoms with Crippen molar-refractivity contribution in [2.45, 2.75) is 75.0 Å². The van der Waals surface area contributed by atoms with Gasteiger partial charge in [0.1, 0.15) is 16.3 Å². The zero-order valence-corrected chi connectivity index (χ0v) is 24.4. The lowest BCUT2D eigenvalue weighted by atomic mass is 9.88. The number of benzene rings is 1. The molecular weight excluding hydrogens is 540 g/mol. The van der Waals surface area contributed by atoms with Crippen molar-refractivity contribution in [1.29, 1.82) is 0 Å². The van der Waals surface area contributed by atoms with Crippen LogP contribution in [0.15, 0.2) is 59.8 Å². The normalized spacial score (nSPS) is 20.9. The van der Waals surface area contributed by atoms with Gasteiger partial charge in [-0.15, -0.1) is 0 Å². The molecule has 4 aromatic rings. The Hall–Kier alpha value is -3.99. The first-order chi connectivity index (χ1) is 19.4. The van der Waals surface area contributed by atoms with E-state index in [0.717, 1.165) is 35.9 Å². The molecule has 0 saturated carbocycles. The predicted molar refractivity (Wildman–Crippen MR) is 156 cm³/mol. The maximum atomic E-state index is 13.1. The molecule has 2 bridgehead atoms. The van der Waals surface area contributed by atoms with Gasteiger partial charge in [0.25, 0.3) is 0 Å². The summed E-state index contributed by atoms with van der Waals surface area (Å²) in [4.78, 5) is 24.4. The topological polar surface area (TPSA) is 133 Å². The van der Waals surface area contributed by atoms with E-state index in [1.165, 1.54) is 4.52 Å². The van der Waals surface area contributed by atoms with Crippen molar-refractivity contribution in [2.75, 3.05) is 12.0 Å². The highest BCUT2D eigenvalue weighted by atomic mass is 32.2. The number of ether oxygens (including phenoxy) is 1. The van der Waals surface area contributed by atoms with Crippen LogP contribution >= 0.6 is 0 Å². The summed E-state index contributed by atoms with van der Waals surface area (Å²) in [5, 5.41) is 4.41. The molecule has 0 radical (unpaired) electrons. The summed E-state index contributed by atoms with van der Waals surface area (Å²) in [5.41, 5.74) is 10.2. The van der Waals surface area contributed by atoms with Crippen LogP contribution in [0.5, 0.6) is 0 Å². The molecule has 3 atom stereocenters. The van der Waals surface area contributed by atoms with E-state index in [1.54, 1.807) is 12.4 Å². The Kier molecular flexibility index (Phi) is 6.52. The minimum Gasteiger partial charge on any atom is -0.444 e. The van der Waals surface area contributed by atoms with Crippen molar-refractivity contribution in [3.05, 3.63) is 60.6 Å². The molecule has 41 heavy (non-hydrogen) atoms. The highest BCUT2D eigenvalue weighted by Gasteiger charge is 2.46. The Labute approximate surface area is 239 Å². The van der Waals surface area contributed by atoms with Crippen LogP contribution in [-0.4, -0.2) is 62.9 Å². The van der Waals surface area contributed by atoms with E-state index < -0.39 is 15.4 Å². The van der Waals surface area contributed by atoms with Gasteiger partial charge in [0.15, 0.2) is 15.5 Å². The summed E-state index contributed by atoms with van der Waals surface area (Å²) < 4.78 is 33.2. The third kappa shape index (κ3) is 5.03. The van der Waals surface area contributed by atoms with Gasteiger partial charge in [-0.05, 0) is 52.5 Å². The molecule has 2 fully saturated rings. The summed E-state index contributed by atoms with van der Waals surface area (Å²) in [5.74, 6) is -0.154. The fraction of sp³-hybridized carbons (Fsp3) is 0.400. The number of amides is 1. The largest absolute Gasteiger partial charge is 0.444 e. The van der Waals surface area contributed by atoms with Gasteiger partial charge in [0.05, 0.1) is 17.6 Å². The number of carbonyl (C=O) groups is 1. The van der Waals surface area contributed by atoms with Gasteiger partial charge in [0, 0.05) is 47.1 Å². The molecule has 2 N–H and O–H groups in total. The first-order valence-electron chi connectivity index (χ1n) is 13.8. The molecule has 2 aliphatic heterocycles. The Balaban J connectivity index is 1.39. The van der Waals surface area contributed by atoms with Crippen LogP contribution in [0.4, 0.5) is 10.6 Å². The lowest BCUT2D eigenvalue weighted by Crippen LogP contribution is -2.48. The molecule has 1 amide bonds. The maximum absolute atomic E-state index is 13.1. The number of piperidine rings is 1. The number of sulfone groups is 1. The quantitative estimate of drug-likeness (QED) is 0.356. The molecule has 1 aromatic carbocycles. The summed E-state index contributed by atoms with van der Waals surface area (Å²) in [7, 11) is -3.73. The molecule has 10 nitrogen and oxygen atoms in total. The van der Waals surface area contributed by atoms with Crippen LogP contribution in [0.1, 0.15) is 58.1 Å². The lowest BCUT2D eigenvalue weighted by molar-refractivity contribution is 0.00559. The monoisotopic (exact) mass is 574 g/mol. The number of nitrogen functional groups attached to an aromatic ring is 1. The number of hydrogen-bond donors (Lipinski definition) is 1. The number of anilines is 1. The fourth-order valence-electron chi connectivity index (χ4n) is 6.22. The SMILES string of the molecule is CC(C)(C)OC(=O)N1C2CC[C@@H]1CC(c1nc3c(-c4ccc(-c5ccccc5)nc4)cnn3c(N)c1S(C)(=O)=O)C2. The Bertz CT molecular complexity index is 1710. The Morgan fingerprint density at radius 1 is 1.00 bits per heavy atom. The lowest BCUT2D eigenvalue weighted by Gasteiger charge is -2.39. The van der Waals surface area contributed by atoms with Gasteiger partial charge < -0.3 is 15.4 Å². The number of nitrogens with two attached hydrogens (primary N) is 1. The fourth-order valence-corrected chi connectivity index (χ4v) is 7.28. The van der Waals surface area contributed by atoms with Gasteiger partial charge >= 0.3 is 6.09 Å². The minimum absolute atomic E-state index is 0.00678. The molecule has 0 spiro atoms. The van der Waals surface area contributed by atoms with Crippen molar-refractivity contribution >= 4 is 27.4 Å². The van der Waals surface area contributed by atoms with Gasteiger partial charge in [-0.25, -0.2) is 18.2 Å². The van der Waals surface area contributed by atoms with Crippen molar-refractivity contribution in [3.8, 4) is 22.4 Å². The molecule has 0 aliphatic carbocycles. The molecule has 6 rings (SSSR count). The zero-order valence-electron chi connectivity index (χ0n) is 23.6. The van der Waals surface area contributed by atoms with Crippen LogP contribution in [0, 0.1) is 0 Å². The highest BCUT2D eigenvalue weighted by molar-refractivity contribution is 7.91. The van der Waals surface area contributed by atoms with Gasteiger partial charge in [-0.1, -0.05) is 36.4 Å². The maximum Gasteiger partial charge on any atom is 0.410 e. The second-order valence-electron chi connectivity index (χ2n) is 12.0. The Morgan fingerprint density at radius 2 is 1.68 bits per heavy atom. The third-order valence-corrected chi connectivity index (χ3v) is 9.06. The number of nitrogens with zero attached hydrogens (tertiary/aromatic N) is 5. The molecule has 2 saturated heterocycles. The second-order valence-corrected chi connectivity index (χ2v) is 14.0. The van der Waals surface area contributed by atoms with Crippen molar-refractivity contribution in [1.82, 2.24) is 24.5 Å². The summed E-state index contributed by atoms with van der Waals surface area (Å²) in [6.07, 6.45) is 7.07. The average molecular weight is 575 g/mol. The third-order valence-electron chi connectivity index (χ3n) is 7.90. The van der Waals surface area contributed by atoms with Crippen LogP contribution in [0.2, 0.25) is 0 Å². The second kappa shape index (κ2) is 9.83. The van der Waals surface area contributed by atoms with E-state index in [4.69, 9.17) is 15.5 Å². The number of pyridine rings is 1. The van der Waals surface area contributed by atoms with E-state index in [1.807, 2.05) is 68.1 Å². The number of aromatic nitrogens is 4. The highest BCUT2D eigenvalue weighted by Crippen LogP contribution is 2.45. The van der Waals surface area contributed by atoms with Gasteiger partial charge in [0.2, 0.25) is 0 Å². The van der Waals surface area contributed by atoms with Crippen molar-refractivity contribution in [2.24, 2.45) is 0 Å². The molecular formula is C30H34N6O4S. The molecule has 5 heterocycles. The van der Waals surface area contributed by atoms with Gasteiger partial charge in [-0.3, -0.25) is 4.98 Å². The van der Waals surface area contributed by atoms with Crippen molar-refractivity contribution < 1.29 is 17.9 Å². The van der Waals surface area contributed by atoms with Crippen molar-refractivity contribution in [3.63, 3.8) is 0 Å². The number of carbonyl (C=O) groups excluding carboxylic acids is 1. The smallest absolute Gasteiger partial charge is 0.410 e. The molecule has 2 aliphatic rings. The van der Waals surface area contributed by atoms with Crippen LogP contribution in [0.25, 0.3) is 28.0 Å². The zero-order chi connectivity index (χ0) is 29.1. The summed E-state index contributed by atoms with van der Waals surface area (Å²) in [6, 6.07) is 13.7. The van der Waals surface area contributed by atoms with Crippen LogP contribution in [0.3, 0.4) is 0 Å².